The fourth-order valence-electron chi connectivity index (χ4n) is 3.06. The van der Waals surface area contributed by atoms with E-state index in [-0.39, 0.29) is 5.82 Å². The lowest BCUT2D eigenvalue weighted by molar-refractivity contribution is -0.0510. The van der Waals surface area contributed by atoms with E-state index in [1.165, 1.54) is 39.9 Å². The zero-order valence-corrected chi connectivity index (χ0v) is 15.1. The first-order chi connectivity index (χ1) is 13.1. The van der Waals surface area contributed by atoms with Crippen LogP contribution in [0.5, 0.6) is 0 Å². The van der Waals surface area contributed by atoms with E-state index in [4.69, 9.17) is 13.0 Å². The molecule has 4 rings (SSSR count). The quantitative estimate of drug-likeness (QED) is 0.258. The van der Waals surface area contributed by atoms with Gasteiger partial charge in [0, 0.05) is 0 Å². The number of fused-ring (bicyclic) bond motifs is 3. The molecule has 1 aliphatic rings. The molecule has 0 saturated heterocycles. The van der Waals surface area contributed by atoms with Crippen LogP contribution in [-0.4, -0.2) is 18.5 Å². The lowest BCUT2D eigenvalue weighted by Crippen LogP contribution is -2.21. The van der Waals surface area contributed by atoms with Gasteiger partial charge in [-0.1, -0.05) is 54.6 Å². The summed E-state index contributed by atoms with van der Waals surface area (Å²) in [5, 5.41) is 0. The van der Waals surface area contributed by atoms with Crippen molar-refractivity contribution < 1.29 is 30.5 Å². The second kappa shape index (κ2) is 7.37. The Kier molecular flexibility index (Phi) is 5.27. The molecule has 0 bridgehead atoms. The second-order valence-corrected chi connectivity index (χ2v) is 7.51. The molecule has 0 unspecified atom stereocenters. The smallest absolute Gasteiger partial charge is 0.279 e. The lowest BCUT2D eigenvalue weighted by Gasteiger charge is -2.08. The molecule has 0 fully saturated rings. The predicted molar refractivity (Wildman–Crippen MR) is 97.7 cm³/mol. The van der Waals surface area contributed by atoms with Crippen molar-refractivity contribution in [3.63, 3.8) is 0 Å². The highest BCUT2D eigenvalue weighted by molar-refractivity contribution is 7.86. The summed E-state index contributed by atoms with van der Waals surface area (Å²) < 4.78 is 70.6. The molecule has 1 N–H and O–H groups in total. The van der Waals surface area contributed by atoms with Gasteiger partial charge in [-0.2, -0.15) is 21.6 Å². The van der Waals surface area contributed by atoms with Gasteiger partial charge in [-0.25, -0.2) is 4.39 Å². The van der Waals surface area contributed by atoms with E-state index in [1.54, 1.807) is 0 Å². The number of hydrogen-bond acceptors (Lipinski definition) is 2. The van der Waals surface area contributed by atoms with E-state index >= 15 is 0 Å². The summed E-state index contributed by atoms with van der Waals surface area (Å²) in [5.74, 6) is -0.190. The van der Waals surface area contributed by atoms with E-state index < -0.39 is 15.6 Å². The van der Waals surface area contributed by atoms with Crippen LogP contribution in [0.2, 0.25) is 0 Å². The molecular formula is C20H14F4O3S. The monoisotopic (exact) mass is 410 g/mol. The second-order valence-electron chi connectivity index (χ2n) is 6.09. The van der Waals surface area contributed by atoms with Gasteiger partial charge in [0.15, 0.2) is 0 Å². The van der Waals surface area contributed by atoms with E-state index in [9.17, 15) is 17.6 Å². The number of alkyl halides is 3. The molecular weight excluding hydrogens is 396 g/mol. The van der Waals surface area contributed by atoms with Crippen LogP contribution < -0.4 is 0 Å². The standard InChI is InChI=1S/C19H13F.CHF3O3S/c20-15-10-8-13(9-11-15)16-6-3-7-18-17-5-2-1-4-14(17)12-19(16)18;2-1(3,4)8(5,6)7/h1-11H,12H2;(H,5,6,7). The highest BCUT2D eigenvalue weighted by Crippen LogP contribution is 2.41. The van der Waals surface area contributed by atoms with Crippen molar-refractivity contribution in [3.8, 4) is 22.3 Å². The maximum atomic E-state index is 13.1. The van der Waals surface area contributed by atoms with Crippen molar-refractivity contribution in [1.29, 1.82) is 0 Å². The third-order valence-corrected chi connectivity index (χ3v) is 4.88. The normalized spacial score (nSPS) is 12.6. The van der Waals surface area contributed by atoms with Crippen LogP contribution in [0, 0.1) is 5.82 Å². The van der Waals surface area contributed by atoms with E-state index in [0.29, 0.717) is 0 Å². The summed E-state index contributed by atoms with van der Waals surface area (Å²) in [4.78, 5) is 0. The van der Waals surface area contributed by atoms with Crippen molar-refractivity contribution in [2.24, 2.45) is 0 Å². The maximum Gasteiger partial charge on any atom is 0.522 e. The summed E-state index contributed by atoms with van der Waals surface area (Å²) in [6.07, 6.45) is 0.957. The largest absolute Gasteiger partial charge is 0.522 e. The summed E-state index contributed by atoms with van der Waals surface area (Å²) >= 11 is 0. The van der Waals surface area contributed by atoms with Gasteiger partial charge in [0.05, 0.1) is 0 Å². The van der Waals surface area contributed by atoms with Gasteiger partial charge < -0.3 is 0 Å². The molecule has 0 aromatic heterocycles. The minimum Gasteiger partial charge on any atom is -0.279 e. The van der Waals surface area contributed by atoms with Gasteiger partial charge in [0.25, 0.3) is 0 Å². The summed E-state index contributed by atoms with van der Waals surface area (Å²) in [6.45, 7) is 0. The molecule has 1 aliphatic carbocycles. The minimum atomic E-state index is -5.84. The molecule has 0 aliphatic heterocycles. The highest BCUT2D eigenvalue weighted by Gasteiger charge is 2.44. The first-order valence-electron chi connectivity index (χ1n) is 8.08. The van der Waals surface area contributed by atoms with Crippen LogP contribution in [0.3, 0.4) is 0 Å². The minimum absolute atomic E-state index is 0.190. The van der Waals surface area contributed by atoms with Crippen molar-refractivity contribution in [2.75, 3.05) is 0 Å². The number of rotatable bonds is 1. The summed E-state index contributed by atoms with van der Waals surface area (Å²) in [6, 6.07) is 21.7. The Morgan fingerprint density at radius 3 is 1.93 bits per heavy atom. The SMILES string of the molecule is Fc1ccc(-c2cccc3c2Cc2ccccc2-3)cc1.O=S(=O)(O)C(F)(F)F. The zero-order valence-electron chi connectivity index (χ0n) is 14.2. The third-order valence-electron chi connectivity index (χ3n) is 4.30. The van der Waals surface area contributed by atoms with Gasteiger partial charge in [0.2, 0.25) is 0 Å². The average Bonchev–Trinajstić information content (AvgIpc) is 3.00. The first-order valence-corrected chi connectivity index (χ1v) is 9.52. The molecule has 28 heavy (non-hydrogen) atoms. The van der Waals surface area contributed by atoms with Crippen molar-refractivity contribution in [3.05, 3.63) is 83.7 Å². The van der Waals surface area contributed by atoms with Crippen molar-refractivity contribution >= 4 is 10.1 Å². The molecule has 0 amide bonds. The Bertz CT molecular complexity index is 1110. The predicted octanol–water partition coefficient (Wildman–Crippen LogP) is 5.46. The van der Waals surface area contributed by atoms with E-state index in [1.807, 2.05) is 12.1 Å². The Balaban J connectivity index is 0.000000242. The van der Waals surface area contributed by atoms with Crippen LogP contribution in [0.15, 0.2) is 66.7 Å². The highest BCUT2D eigenvalue weighted by atomic mass is 32.2. The van der Waals surface area contributed by atoms with Crippen LogP contribution >= 0.6 is 0 Å². The van der Waals surface area contributed by atoms with Crippen molar-refractivity contribution in [1.82, 2.24) is 0 Å². The fourth-order valence-corrected chi connectivity index (χ4v) is 3.06. The topological polar surface area (TPSA) is 54.4 Å². The maximum absolute atomic E-state index is 13.1. The first kappa shape index (κ1) is 20.0. The van der Waals surface area contributed by atoms with Crippen LogP contribution in [0.4, 0.5) is 17.6 Å². The Morgan fingerprint density at radius 2 is 1.32 bits per heavy atom. The lowest BCUT2D eigenvalue weighted by atomic mass is 9.96. The molecule has 0 heterocycles. The molecule has 3 aromatic carbocycles. The molecule has 146 valence electrons. The van der Waals surface area contributed by atoms with E-state index in [0.717, 1.165) is 12.0 Å². The van der Waals surface area contributed by atoms with Crippen LogP contribution in [0.1, 0.15) is 11.1 Å². The number of benzene rings is 3. The number of halogens is 4. The average molecular weight is 410 g/mol. The Hall–Kier alpha value is -2.71. The van der Waals surface area contributed by atoms with Crippen LogP contribution in [0.25, 0.3) is 22.3 Å². The fraction of sp³-hybridized carbons (Fsp3) is 0.100. The summed E-state index contributed by atoms with van der Waals surface area (Å²) in [5.41, 5.74) is 2.11. The molecule has 3 aromatic rings. The molecule has 0 radical (unpaired) electrons. The zero-order chi connectivity index (χ0) is 20.5. The van der Waals surface area contributed by atoms with Crippen molar-refractivity contribution in [2.45, 2.75) is 11.9 Å². The van der Waals surface area contributed by atoms with Gasteiger partial charge in [0.1, 0.15) is 5.82 Å². The molecule has 0 atom stereocenters. The third kappa shape index (κ3) is 4.07. The van der Waals surface area contributed by atoms with Gasteiger partial charge in [-0.3, -0.25) is 4.55 Å². The van der Waals surface area contributed by atoms with E-state index in [2.05, 4.69) is 42.5 Å². The molecule has 3 nitrogen and oxygen atoms in total. The Labute approximate surface area is 159 Å². The molecule has 0 saturated carbocycles. The van der Waals surface area contributed by atoms with Gasteiger partial charge in [-0.05, 0) is 51.9 Å². The summed E-state index contributed by atoms with van der Waals surface area (Å²) in [7, 11) is -5.84. The molecule has 0 spiro atoms. The number of hydrogen-bond donors (Lipinski definition) is 1. The van der Waals surface area contributed by atoms with Gasteiger partial charge in [-0.15, -0.1) is 0 Å². The Morgan fingerprint density at radius 1 is 0.786 bits per heavy atom. The van der Waals surface area contributed by atoms with Gasteiger partial charge >= 0.3 is 15.6 Å². The van der Waals surface area contributed by atoms with Crippen LogP contribution in [-0.2, 0) is 16.5 Å². The molecule has 8 heteroatoms.